The second kappa shape index (κ2) is 7.02. The smallest absolute Gasteiger partial charge is 0.249 e. The number of ether oxygens (including phenoxy) is 2. The average Bonchev–Trinajstić information content (AvgIpc) is 3.17. The monoisotopic (exact) mass is 295 g/mol. The summed E-state index contributed by atoms with van der Waals surface area (Å²) in [5.41, 5.74) is 0.714. The summed E-state index contributed by atoms with van der Waals surface area (Å²) in [5.74, 6) is -0.0672. The van der Waals surface area contributed by atoms with Gasteiger partial charge in [0, 0.05) is 19.6 Å². The van der Waals surface area contributed by atoms with Crippen LogP contribution in [0, 0.1) is 0 Å². The van der Waals surface area contributed by atoms with E-state index in [4.69, 9.17) is 13.9 Å². The highest BCUT2D eigenvalue weighted by Gasteiger charge is 2.31. The molecule has 0 unspecified atom stereocenters. The van der Waals surface area contributed by atoms with Crippen LogP contribution >= 0.6 is 0 Å². The van der Waals surface area contributed by atoms with Crippen LogP contribution < -0.4 is 5.32 Å². The number of oxazole rings is 1. The zero-order valence-electron chi connectivity index (χ0n) is 12.0. The van der Waals surface area contributed by atoms with Gasteiger partial charge in [0.15, 0.2) is 6.39 Å². The van der Waals surface area contributed by atoms with Crippen molar-refractivity contribution in [2.75, 3.05) is 32.8 Å². The van der Waals surface area contributed by atoms with E-state index in [0.717, 1.165) is 45.7 Å². The maximum absolute atomic E-state index is 12.1. The maximum atomic E-state index is 12.1. The van der Waals surface area contributed by atoms with Gasteiger partial charge >= 0.3 is 0 Å². The third-order valence-electron chi connectivity index (χ3n) is 3.89. The maximum Gasteiger partial charge on any atom is 0.249 e. The van der Waals surface area contributed by atoms with Crippen molar-refractivity contribution in [1.29, 1.82) is 0 Å². The van der Waals surface area contributed by atoms with Crippen molar-refractivity contribution >= 4 is 5.91 Å². The molecule has 2 fully saturated rings. The van der Waals surface area contributed by atoms with Gasteiger partial charge in [-0.2, -0.15) is 0 Å². The van der Waals surface area contributed by atoms with Gasteiger partial charge in [-0.05, 0) is 12.8 Å². The molecule has 7 nitrogen and oxygen atoms in total. The van der Waals surface area contributed by atoms with E-state index in [9.17, 15) is 4.79 Å². The molecule has 2 atom stereocenters. The summed E-state index contributed by atoms with van der Waals surface area (Å²) in [5, 5.41) is 2.83. The van der Waals surface area contributed by atoms with E-state index < -0.39 is 0 Å². The summed E-state index contributed by atoms with van der Waals surface area (Å²) < 4.78 is 16.1. The summed E-state index contributed by atoms with van der Waals surface area (Å²) in [6.45, 7) is 4.73. The topological polar surface area (TPSA) is 76.8 Å². The fourth-order valence-electron chi connectivity index (χ4n) is 2.72. The normalized spacial score (nSPS) is 26.9. The highest BCUT2D eigenvalue weighted by Crippen LogP contribution is 2.21. The van der Waals surface area contributed by atoms with E-state index in [1.165, 1.54) is 12.7 Å². The van der Waals surface area contributed by atoms with Crippen molar-refractivity contribution in [3.63, 3.8) is 0 Å². The summed E-state index contributed by atoms with van der Waals surface area (Å²) in [7, 11) is 0. The molecule has 0 aliphatic carbocycles. The van der Waals surface area contributed by atoms with E-state index in [1.807, 2.05) is 0 Å². The molecule has 0 saturated carbocycles. The minimum Gasteiger partial charge on any atom is -0.451 e. The number of hydrogen-bond donors (Lipinski definition) is 1. The van der Waals surface area contributed by atoms with E-state index in [-0.39, 0.29) is 18.1 Å². The molecule has 0 spiro atoms. The molecule has 1 aromatic rings. The van der Waals surface area contributed by atoms with Gasteiger partial charge in [-0.15, -0.1) is 0 Å². The number of hydrogen-bond acceptors (Lipinski definition) is 6. The Labute approximate surface area is 123 Å². The van der Waals surface area contributed by atoms with Gasteiger partial charge in [-0.3, -0.25) is 9.69 Å². The first kappa shape index (κ1) is 14.5. The Bertz CT molecular complexity index is 445. The number of carbonyl (C=O) groups excluding carboxylic acids is 1. The van der Waals surface area contributed by atoms with E-state index in [1.54, 1.807) is 0 Å². The predicted octanol–water partition coefficient (Wildman–Crippen LogP) is 0.171. The van der Waals surface area contributed by atoms with Crippen molar-refractivity contribution in [3.8, 4) is 0 Å². The van der Waals surface area contributed by atoms with Crippen molar-refractivity contribution in [1.82, 2.24) is 15.2 Å². The number of morpholine rings is 1. The van der Waals surface area contributed by atoms with Crippen LogP contribution in [0.25, 0.3) is 0 Å². The Morgan fingerprint density at radius 2 is 2.24 bits per heavy atom. The minimum absolute atomic E-state index is 0.0672. The molecule has 0 radical (unpaired) electrons. The van der Waals surface area contributed by atoms with Crippen molar-refractivity contribution < 1.29 is 18.7 Å². The lowest BCUT2D eigenvalue weighted by molar-refractivity contribution is -0.132. The first-order chi connectivity index (χ1) is 10.3. The van der Waals surface area contributed by atoms with Crippen molar-refractivity contribution in [2.45, 2.75) is 31.6 Å². The molecule has 1 N–H and O–H groups in total. The number of amides is 1. The highest BCUT2D eigenvalue weighted by atomic mass is 16.5. The number of carbonyl (C=O) groups is 1. The molecule has 2 aliphatic rings. The van der Waals surface area contributed by atoms with E-state index in [0.29, 0.717) is 12.2 Å². The third kappa shape index (κ3) is 4.03. The van der Waals surface area contributed by atoms with Gasteiger partial charge in [-0.1, -0.05) is 0 Å². The first-order valence-electron chi connectivity index (χ1n) is 7.41. The molecule has 116 valence electrons. The van der Waals surface area contributed by atoms with E-state index >= 15 is 0 Å². The standard InChI is InChI=1S/C14H21N3O4/c18-14(15-7-11-9-20-10-16-11)13-2-1-12(21-13)8-17-3-5-19-6-4-17/h9-10,12-13H,1-8H2,(H,15,18)/t12-,13+/m1/s1. The predicted molar refractivity (Wildman–Crippen MR) is 73.5 cm³/mol. The summed E-state index contributed by atoms with van der Waals surface area (Å²) >= 11 is 0. The largest absolute Gasteiger partial charge is 0.451 e. The average molecular weight is 295 g/mol. The van der Waals surface area contributed by atoms with Crippen LogP contribution in [0.3, 0.4) is 0 Å². The van der Waals surface area contributed by atoms with Crippen molar-refractivity contribution in [2.24, 2.45) is 0 Å². The Hall–Kier alpha value is -1.44. The van der Waals surface area contributed by atoms with Gasteiger partial charge in [0.1, 0.15) is 12.4 Å². The second-order valence-corrected chi connectivity index (χ2v) is 5.43. The van der Waals surface area contributed by atoms with Crippen LogP contribution in [0.15, 0.2) is 17.1 Å². The molecule has 1 amide bonds. The zero-order chi connectivity index (χ0) is 14.5. The fourth-order valence-corrected chi connectivity index (χ4v) is 2.72. The summed E-state index contributed by atoms with van der Waals surface area (Å²) in [6.07, 6.45) is 4.39. The van der Waals surface area contributed by atoms with Crippen LogP contribution in [-0.2, 0) is 20.8 Å². The second-order valence-electron chi connectivity index (χ2n) is 5.43. The lowest BCUT2D eigenvalue weighted by atomic mass is 10.1. The lowest BCUT2D eigenvalue weighted by Gasteiger charge is -2.28. The van der Waals surface area contributed by atoms with Gasteiger partial charge in [0.2, 0.25) is 5.91 Å². The number of aromatic nitrogens is 1. The summed E-state index contributed by atoms with van der Waals surface area (Å²) in [4.78, 5) is 18.4. The highest BCUT2D eigenvalue weighted by molar-refractivity contribution is 5.80. The molecule has 0 aromatic carbocycles. The van der Waals surface area contributed by atoms with Crippen LogP contribution in [-0.4, -0.2) is 60.8 Å². The molecular formula is C14H21N3O4. The molecular weight excluding hydrogens is 274 g/mol. The van der Waals surface area contributed by atoms with Gasteiger partial charge in [0.05, 0.1) is 31.6 Å². The molecule has 2 aliphatic heterocycles. The van der Waals surface area contributed by atoms with E-state index in [2.05, 4.69) is 15.2 Å². The zero-order valence-corrected chi connectivity index (χ0v) is 12.0. The number of nitrogens with one attached hydrogen (secondary N) is 1. The molecule has 21 heavy (non-hydrogen) atoms. The Kier molecular flexibility index (Phi) is 4.84. The van der Waals surface area contributed by atoms with Crippen molar-refractivity contribution in [3.05, 3.63) is 18.4 Å². The Balaban J connectivity index is 1.40. The van der Waals surface area contributed by atoms with Gasteiger partial charge < -0.3 is 19.2 Å². The summed E-state index contributed by atoms with van der Waals surface area (Å²) in [6, 6.07) is 0. The van der Waals surface area contributed by atoms with Gasteiger partial charge in [0.25, 0.3) is 0 Å². The van der Waals surface area contributed by atoms with Crippen LogP contribution in [0.1, 0.15) is 18.5 Å². The third-order valence-corrected chi connectivity index (χ3v) is 3.89. The number of nitrogens with zero attached hydrogens (tertiary/aromatic N) is 2. The SMILES string of the molecule is O=C(NCc1cocn1)[C@@H]1CC[C@H](CN2CCOCC2)O1. The first-order valence-corrected chi connectivity index (χ1v) is 7.41. The van der Waals surface area contributed by atoms with Crippen LogP contribution in [0.5, 0.6) is 0 Å². The van der Waals surface area contributed by atoms with Crippen LogP contribution in [0.4, 0.5) is 0 Å². The molecule has 3 rings (SSSR count). The molecule has 0 bridgehead atoms. The fraction of sp³-hybridized carbons (Fsp3) is 0.714. The Morgan fingerprint density at radius 3 is 3.00 bits per heavy atom. The van der Waals surface area contributed by atoms with Crippen LogP contribution in [0.2, 0.25) is 0 Å². The molecule has 7 heteroatoms. The molecule has 3 heterocycles. The Morgan fingerprint density at radius 1 is 1.38 bits per heavy atom. The van der Waals surface area contributed by atoms with Gasteiger partial charge in [-0.25, -0.2) is 4.98 Å². The molecule has 1 aromatic heterocycles. The number of rotatable bonds is 5. The molecule has 2 saturated heterocycles. The quantitative estimate of drug-likeness (QED) is 0.834. The minimum atomic E-state index is -0.344. The lowest BCUT2D eigenvalue weighted by Crippen LogP contribution is -2.41.